The van der Waals surface area contributed by atoms with E-state index in [2.05, 4.69) is 34.0 Å². The zero-order valence-electron chi connectivity index (χ0n) is 10.3. The second kappa shape index (κ2) is 6.73. The predicted octanol–water partition coefficient (Wildman–Crippen LogP) is 3.09. The first kappa shape index (κ1) is 15.7. The molecule has 1 fully saturated rings. The molecular weight excluding hydrogens is 363 g/mol. The normalized spacial score (nSPS) is 22.4. The summed E-state index contributed by atoms with van der Waals surface area (Å²) < 4.78 is 1.18. The van der Waals surface area contributed by atoms with Gasteiger partial charge in [-0.15, -0.1) is 12.4 Å². The number of carbonyl (C=O) groups is 1. The molecule has 0 spiro atoms. The minimum absolute atomic E-state index is 0. The van der Waals surface area contributed by atoms with Crippen LogP contribution >= 0.6 is 35.0 Å². The van der Waals surface area contributed by atoms with E-state index in [1.807, 2.05) is 19.1 Å². The van der Waals surface area contributed by atoms with Crippen LogP contribution in [0.3, 0.4) is 0 Å². The average molecular weight is 381 g/mol. The number of nitrogens with one attached hydrogen (secondary N) is 1. The van der Waals surface area contributed by atoms with Gasteiger partial charge in [0.15, 0.2) is 0 Å². The van der Waals surface area contributed by atoms with Gasteiger partial charge in [-0.1, -0.05) is 0 Å². The number of halogens is 2. The monoisotopic (exact) mass is 380 g/mol. The van der Waals surface area contributed by atoms with Crippen molar-refractivity contribution < 1.29 is 4.79 Å². The van der Waals surface area contributed by atoms with Gasteiger partial charge in [-0.3, -0.25) is 4.79 Å². The van der Waals surface area contributed by atoms with E-state index < -0.39 is 0 Å². The molecule has 0 aliphatic heterocycles. The van der Waals surface area contributed by atoms with E-state index in [4.69, 9.17) is 5.73 Å². The number of aryl methyl sites for hydroxylation is 1. The molecule has 0 bridgehead atoms. The molecule has 18 heavy (non-hydrogen) atoms. The first-order valence-electron chi connectivity index (χ1n) is 5.89. The van der Waals surface area contributed by atoms with E-state index >= 15 is 0 Å². The molecule has 0 aromatic heterocycles. The number of nitrogens with two attached hydrogens (primary N) is 1. The van der Waals surface area contributed by atoms with Gasteiger partial charge in [-0.2, -0.15) is 0 Å². The summed E-state index contributed by atoms with van der Waals surface area (Å²) in [7, 11) is 0. The van der Waals surface area contributed by atoms with Crippen LogP contribution in [-0.4, -0.2) is 11.9 Å². The maximum atomic E-state index is 12.0. The molecular formula is C13H18ClIN2O. The fourth-order valence-electron chi connectivity index (χ4n) is 2.26. The Morgan fingerprint density at radius 3 is 2.72 bits per heavy atom. The Bertz CT molecular complexity index is 439. The van der Waals surface area contributed by atoms with Crippen LogP contribution in [0.4, 0.5) is 5.69 Å². The number of carbonyl (C=O) groups excluding carboxylic acids is 1. The topological polar surface area (TPSA) is 55.1 Å². The summed E-state index contributed by atoms with van der Waals surface area (Å²) >= 11 is 2.27. The van der Waals surface area contributed by atoms with Crippen molar-refractivity contribution in [3.63, 3.8) is 0 Å². The maximum Gasteiger partial charge on any atom is 0.227 e. The predicted molar refractivity (Wildman–Crippen MR) is 85.1 cm³/mol. The number of anilines is 1. The molecule has 2 unspecified atom stereocenters. The maximum absolute atomic E-state index is 12.0. The van der Waals surface area contributed by atoms with Gasteiger partial charge in [0.1, 0.15) is 0 Å². The quantitative estimate of drug-likeness (QED) is 0.775. The number of hydrogen-bond acceptors (Lipinski definition) is 2. The Balaban J connectivity index is 0.00000162. The highest BCUT2D eigenvalue weighted by Gasteiger charge is 2.27. The largest absolute Gasteiger partial charge is 0.328 e. The van der Waals surface area contributed by atoms with Gasteiger partial charge in [0.2, 0.25) is 5.91 Å². The smallest absolute Gasteiger partial charge is 0.227 e. The van der Waals surface area contributed by atoms with E-state index in [1.165, 1.54) is 3.57 Å². The molecule has 1 amide bonds. The average Bonchev–Trinajstić information content (AvgIpc) is 2.69. The van der Waals surface area contributed by atoms with Gasteiger partial charge in [0, 0.05) is 21.2 Å². The highest BCUT2D eigenvalue weighted by Crippen LogP contribution is 2.26. The van der Waals surface area contributed by atoms with Crippen molar-refractivity contribution >= 4 is 46.6 Å². The lowest BCUT2D eigenvalue weighted by Crippen LogP contribution is -2.23. The molecule has 2 atom stereocenters. The molecule has 1 aromatic carbocycles. The lowest BCUT2D eigenvalue weighted by atomic mass is 10.1. The van der Waals surface area contributed by atoms with Crippen molar-refractivity contribution in [3.05, 3.63) is 27.3 Å². The van der Waals surface area contributed by atoms with Crippen LogP contribution in [-0.2, 0) is 4.79 Å². The molecule has 5 heteroatoms. The molecule has 0 radical (unpaired) electrons. The summed E-state index contributed by atoms with van der Waals surface area (Å²) in [5.41, 5.74) is 7.84. The van der Waals surface area contributed by atoms with Crippen molar-refractivity contribution in [2.75, 3.05) is 5.32 Å². The van der Waals surface area contributed by atoms with Crippen molar-refractivity contribution in [2.24, 2.45) is 11.7 Å². The van der Waals surface area contributed by atoms with Gasteiger partial charge < -0.3 is 11.1 Å². The molecule has 1 saturated carbocycles. The fourth-order valence-corrected chi connectivity index (χ4v) is 2.90. The minimum Gasteiger partial charge on any atom is -0.328 e. The van der Waals surface area contributed by atoms with Crippen molar-refractivity contribution in [1.82, 2.24) is 0 Å². The van der Waals surface area contributed by atoms with Gasteiger partial charge >= 0.3 is 0 Å². The third-order valence-electron chi connectivity index (χ3n) is 3.29. The Hall–Kier alpha value is -0.330. The summed E-state index contributed by atoms with van der Waals surface area (Å²) in [5.74, 6) is 0.200. The zero-order valence-corrected chi connectivity index (χ0v) is 13.3. The minimum atomic E-state index is 0. The second-order valence-electron chi connectivity index (χ2n) is 4.72. The summed E-state index contributed by atoms with van der Waals surface area (Å²) in [6, 6.07) is 6.23. The second-order valence-corrected chi connectivity index (χ2v) is 5.96. The van der Waals surface area contributed by atoms with Crippen LogP contribution in [0, 0.1) is 16.4 Å². The lowest BCUT2D eigenvalue weighted by molar-refractivity contribution is -0.119. The Morgan fingerprint density at radius 2 is 2.17 bits per heavy atom. The van der Waals surface area contributed by atoms with Crippen LogP contribution in [0.2, 0.25) is 0 Å². The molecule has 100 valence electrons. The van der Waals surface area contributed by atoms with E-state index in [1.54, 1.807) is 0 Å². The summed E-state index contributed by atoms with van der Waals surface area (Å²) in [6.07, 6.45) is 2.69. The third-order valence-corrected chi connectivity index (χ3v) is 3.96. The van der Waals surface area contributed by atoms with E-state index in [0.29, 0.717) is 0 Å². The van der Waals surface area contributed by atoms with Gasteiger partial charge in [0.25, 0.3) is 0 Å². The highest BCUT2D eigenvalue weighted by molar-refractivity contribution is 14.1. The Morgan fingerprint density at radius 1 is 1.44 bits per heavy atom. The van der Waals surface area contributed by atoms with Crippen LogP contribution in [0.1, 0.15) is 24.8 Å². The SMILES string of the molecule is Cc1cc(I)ccc1NC(=O)C1CCC(N)C1.Cl. The summed E-state index contributed by atoms with van der Waals surface area (Å²) in [6.45, 7) is 2.01. The number of hydrogen-bond donors (Lipinski definition) is 2. The van der Waals surface area contributed by atoms with Crippen LogP contribution in [0.5, 0.6) is 0 Å². The Labute approximate surface area is 127 Å². The standard InChI is InChI=1S/C13H17IN2O.ClH/c1-8-6-10(14)3-5-12(8)16-13(17)9-2-4-11(15)7-9;/h3,5-6,9,11H,2,4,7,15H2,1H3,(H,16,17);1H. The first-order valence-corrected chi connectivity index (χ1v) is 6.96. The molecule has 1 aliphatic carbocycles. The van der Waals surface area contributed by atoms with E-state index in [-0.39, 0.29) is 30.3 Å². The first-order chi connectivity index (χ1) is 8.06. The van der Waals surface area contributed by atoms with Crippen molar-refractivity contribution in [3.8, 4) is 0 Å². The van der Waals surface area contributed by atoms with E-state index in [0.717, 1.165) is 30.5 Å². The summed E-state index contributed by atoms with van der Waals surface area (Å²) in [4.78, 5) is 12.0. The summed E-state index contributed by atoms with van der Waals surface area (Å²) in [5, 5.41) is 3.00. The Kier molecular flexibility index (Phi) is 5.88. The van der Waals surface area contributed by atoms with Gasteiger partial charge in [0.05, 0.1) is 0 Å². The molecule has 1 aromatic rings. The number of benzene rings is 1. The van der Waals surface area contributed by atoms with Gasteiger partial charge in [-0.25, -0.2) is 0 Å². The van der Waals surface area contributed by atoms with Crippen molar-refractivity contribution in [2.45, 2.75) is 32.2 Å². The molecule has 3 N–H and O–H groups in total. The zero-order chi connectivity index (χ0) is 12.4. The molecule has 0 heterocycles. The van der Waals surface area contributed by atoms with Gasteiger partial charge in [-0.05, 0) is 72.5 Å². The highest BCUT2D eigenvalue weighted by atomic mass is 127. The third kappa shape index (κ3) is 3.83. The fraction of sp³-hybridized carbons (Fsp3) is 0.462. The number of rotatable bonds is 2. The van der Waals surface area contributed by atoms with Crippen LogP contribution in [0.25, 0.3) is 0 Å². The molecule has 1 aliphatic rings. The van der Waals surface area contributed by atoms with E-state index in [9.17, 15) is 4.79 Å². The lowest BCUT2D eigenvalue weighted by Gasteiger charge is -2.12. The number of amides is 1. The molecule has 3 nitrogen and oxygen atoms in total. The molecule has 2 rings (SSSR count). The van der Waals surface area contributed by atoms with Crippen molar-refractivity contribution in [1.29, 1.82) is 0 Å². The molecule has 0 saturated heterocycles. The van der Waals surface area contributed by atoms with Crippen LogP contribution < -0.4 is 11.1 Å². The van der Waals surface area contributed by atoms with Crippen LogP contribution in [0.15, 0.2) is 18.2 Å².